The largest absolute Gasteiger partial charge is 0.348 e. The Kier molecular flexibility index (Phi) is 2.59. The second-order valence-corrected chi connectivity index (χ2v) is 4.58. The van der Waals surface area contributed by atoms with Gasteiger partial charge >= 0.3 is 0 Å². The summed E-state index contributed by atoms with van der Waals surface area (Å²) in [5.41, 5.74) is 4.76. The summed E-state index contributed by atoms with van der Waals surface area (Å²) in [6, 6.07) is 8.39. The first kappa shape index (κ1) is 11.0. The summed E-state index contributed by atoms with van der Waals surface area (Å²) >= 11 is 0. The summed E-state index contributed by atoms with van der Waals surface area (Å²) < 4.78 is 0. The highest BCUT2D eigenvalue weighted by molar-refractivity contribution is 5.82. The van der Waals surface area contributed by atoms with E-state index in [2.05, 4.69) is 47.0 Å². The van der Waals surface area contributed by atoms with E-state index in [1.165, 1.54) is 16.5 Å². The standard InChI is InChI=1S/C15H15N3/c1-10(14-8-16-9-18-14)13-6-5-12-4-3-7-17-15(12)11(13)2/h3-10H,1-2H3,(H,16,18). The Morgan fingerprint density at radius 3 is 2.89 bits per heavy atom. The van der Waals surface area contributed by atoms with Crippen molar-refractivity contribution in [2.75, 3.05) is 0 Å². The maximum atomic E-state index is 4.48. The first-order valence-electron chi connectivity index (χ1n) is 6.10. The van der Waals surface area contributed by atoms with Gasteiger partial charge in [0.2, 0.25) is 0 Å². The summed E-state index contributed by atoms with van der Waals surface area (Å²) in [6.07, 6.45) is 5.45. The Bertz CT molecular complexity index is 671. The van der Waals surface area contributed by atoms with Crippen LogP contribution in [0.1, 0.15) is 29.7 Å². The van der Waals surface area contributed by atoms with Crippen LogP contribution in [0, 0.1) is 6.92 Å². The Labute approximate surface area is 106 Å². The van der Waals surface area contributed by atoms with Crippen LogP contribution in [-0.2, 0) is 0 Å². The molecular weight excluding hydrogens is 222 g/mol. The van der Waals surface area contributed by atoms with Crippen molar-refractivity contribution in [3.63, 3.8) is 0 Å². The van der Waals surface area contributed by atoms with E-state index in [-0.39, 0.29) is 0 Å². The van der Waals surface area contributed by atoms with Crippen LogP contribution in [0.15, 0.2) is 43.0 Å². The van der Waals surface area contributed by atoms with Gasteiger partial charge in [-0.3, -0.25) is 4.98 Å². The normalized spacial score (nSPS) is 12.8. The summed E-state index contributed by atoms with van der Waals surface area (Å²) in [5, 5.41) is 1.19. The van der Waals surface area contributed by atoms with Gasteiger partial charge in [0.1, 0.15) is 0 Å². The predicted octanol–water partition coefficient (Wildman–Crippen LogP) is 3.42. The minimum absolute atomic E-state index is 0.305. The second-order valence-electron chi connectivity index (χ2n) is 4.58. The number of fused-ring (bicyclic) bond motifs is 1. The highest BCUT2D eigenvalue weighted by atomic mass is 14.9. The lowest BCUT2D eigenvalue weighted by Crippen LogP contribution is -2.00. The minimum atomic E-state index is 0.305. The van der Waals surface area contributed by atoms with E-state index < -0.39 is 0 Å². The number of aromatic nitrogens is 3. The first-order valence-corrected chi connectivity index (χ1v) is 6.10. The first-order chi connectivity index (χ1) is 8.77. The SMILES string of the molecule is Cc1c(C(C)c2cnc[nH]2)ccc2cccnc12. The molecular formula is C15H15N3. The molecule has 0 aliphatic rings. The average Bonchev–Trinajstić information content (AvgIpc) is 2.93. The smallest absolute Gasteiger partial charge is 0.0921 e. The van der Waals surface area contributed by atoms with Gasteiger partial charge in [-0.2, -0.15) is 0 Å². The molecule has 0 saturated carbocycles. The van der Waals surface area contributed by atoms with Gasteiger partial charge in [-0.05, 0) is 24.1 Å². The molecule has 0 fully saturated rings. The van der Waals surface area contributed by atoms with Crippen molar-refractivity contribution in [3.8, 4) is 0 Å². The summed E-state index contributed by atoms with van der Waals surface area (Å²) in [5.74, 6) is 0.305. The molecule has 3 nitrogen and oxygen atoms in total. The number of rotatable bonds is 2. The van der Waals surface area contributed by atoms with E-state index in [0.717, 1.165) is 11.2 Å². The minimum Gasteiger partial charge on any atom is -0.348 e. The van der Waals surface area contributed by atoms with E-state index >= 15 is 0 Å². The molecule has 90 valence electrons. The average molecular weight is 237 g/mol. The van der Waals surface area contributed by atoms with Crippen molar-refractivity contribution in [2.24, 2.45) is 0 Å². The fourth-order valence-electron chi connectivity index (χ4n) is 2.45. The molecule has 1 unspecified atom stereocenters. The molecule has 0 bridgehead atoms. The van der Waals surface area contributed by atoms with Crippen LogP contribution < -0.4 is 0 Å². The maximum Gasteiger partial charge on any atom is 0.0921 e. The van der Waals surface area contributed by atoms with Crippen molar-refractivity contribution in [2.45, 2.75) is 19.8 Å². The van der Waals surface area contributed by atoms with Crippen molar-refractivity contribution in [1.29, 1.82) is 0 Å². The fourth-order valence-corrected chi connectivity index (χ4v) is 2.45. The van der Waals surface area contributed by atoms with Crippen LogP contribution in [0.5, 0.6) is 0 Å². The summed E-state index contributed by atoms with van der Waals surface area (Å²) in [4.78, 5) is 11.7. The Morgan fingerprint density at radius 1 is 1.22 bits per heavy atom. The highest BCUT2D eigenvalue weighted by Crippen LogP contribution is 2.29. The molecule has 1 atom stereocenters. The van der Waals surface area contributed by atoms with Crippen molar-refractivity contribution >= 4 is 10.9 Å². The third-order valence-electron chi connectivity index (χ3n) is 3.52. The highest BCUT2D eigenvalue weighted by Gasteiger charge is 2.14. The van der Waals surface area contributed by atoms with Gasteiger partial charge in [-0.25, -0.2) is 4.98 Å². The zero-order valence-electron chi connectivity index (χ0n) is 10.5. The Morgan fingerprint density at radius 2 is 2.11 bits per heavy atom. The van der Waals surface area contributed by atoms with E-state index in [1.807, 2.05) is 18.5 Å². The van der Waals surface area contributed by atoms with Crippen LogP contribution in [-0.4, -0.2) is 15.0 Å². The van der Waals surface area contributed by atoms with Crippen molar-refractivity contribution < 1.29 is 0 Å². The lowest BCUT2D eigenvalue weighted by atomic mass is 9.92. The third-order valence-corrected chi connectivity index (χ3v) is 3.52. The molecule has 0 aliphatic carbocycles. The number of aromatic amines is 1. The van der Waals surface area contributed by atoms with Gasteiger partial charge in [0.25, 0.3) is 0 Å². The molecule has 18 heavy (non-hydrogen) atoms. The molecule has 0 aliphatic heterocycles. The van der Waals surface area contributed by atoms with Crippen molar-refractivity contribution in [3.05, 3.63) is 59.8 Å². The van der Waals surface area contributed by atoms with E-state index in [0.29, 0.717) is 5.92 Å². The number of benzene rings is 1. The molecule has 0 spiro atoms. The van der Waals surface area contributed by atoms with Crippen LogP contribution in [0.25, 0.3) is 10.9 Å². The number of hydrogen-bond donors (Lipinski definition) is 1. The molecule has 3 heteroatoms. The molecule has 3 rings (SSSR count). The fraction of sp³-hybridized carbons (Fsp3) is 0.200. The molecule has 2 heterocycles. The number of imidazole rings is 1. The molecule has 1 aromatic carbocycles. The van der Waals surface area contributed by atoms with Crippen LogP contribution in [0.4, 0.5) is 0 Å². The van der Waals surface area contributed by atoms with Gasteiger partial charge < -0.3 is 4.98 Å². The zero-order valence-corrected chi connectivity index (χ0v) is 10.5. The molecule has 3 aromatic rings. The number of hydrogen-bond acceptors (Lipinski definition) is 2. The summed E-state index contributed by atoms with van der Waals surface area (Å²) in [7, 11) is 0. The Hall–Kier alpha value is -2.16. The van der Waals surface area contributed by atoms with Crippen LogP contribution in [0.2, 0.25) is 0 Å². The van der Waals surface area contributed by atoms with Gasteiger partial charge in [-0.15, -0.1) is 0 Å². The van der Waals surface area contributed by atoms with Gasteiger partial charge in [0, 0.05) is 29.4 Å². The molecule has 0 amide bonds. The summed E-state index contributed by atoms with van der Waals surface area (Å²) in [6.45, 7) is 4.32. The number of pyridine rings is 1. The number of aryl methyl sites for hydroxylation is 1. The lowest BCUT2D eigenvalue weighted by Gasteiger charge is -2.14. The molecule has 0 radical (unpaired) electrons. The predicted molar refractivity (Wildman–Crippen MR) is 72.6 cm³/mol. The number of H-pyrrole nitrogens is 1. The molecule has 2 aromatic heterocycles. The van der Waals surface area contributed by atoms with E-state index in [4.69, 9.17) is 0 Å². The maximum absolute atomic E-state index is 4.48. The molecule has 1 N–H and O–H groups in total. The zero-order chi connectivity index (χ0) is 12.5. The number of nitrogens with zero attached hydrogens (tertiary/aromatic N) is 2. The van der Waals surface area contributed by atoms with Crippen LogP contribution >= 0.6 is 0 Å². The third kappa shape index (κ3) is 1.68. The van der Waals surface area contributed by atoms with Crippen LogP contribution in [0.3, 0.4) is 0 Å². The number of nitrogens with one attached hydrogen (secondary N) is 1. The lowest BCUT2D eigenvalue weighted by molar-refractivity contribution is 0.875. The Balaban J connectivity index is 2.15. The monoisotopic (exact) mass is 237 g/mol. The topological polar surface area (TPSA) is 41.6 Å². The second kappa shape index (κ2) is 4.26. The van der Waals surface area contributed by atoms with E-state index in [1.54, 1.807) is 6.33 Å². The quantitative estimate of drug-likeness (QED) is 0.742. The van der Waals surface area contributed by atoms with Gasteiger partial charge in [0.05, 0.1) is 11.8 Å². The van der Waals surface area contributed by atoms with Gasteiger partial charge in [-0.1, -0.05) is 25.1 Å². The van der Waals surface area contributed by atoms with Gasteiger partial charge in [0.15, 0.2) is 0 Å². The van der Waals surface area contributed by atoms with Crippen molar-refractivity contribution in [1.82, 2.24) is 15.0 Å². The molecule has 0 saturated heterocycles. The van der Waals surface area contributed by atoms with E-state index in [9.17, 15) is 0 Å².